The highest BCUT2D eigenvalue weighted by Gasteiger charge is 2.41. The van der Waals surface area contributed by atoms with Crippen molar-refractivity contribution in [3.05, 3.63) is 30.3 Å². The summed E-state index contributed by atoms with van der Waals surface area (Å²) in [5.41, 5.74) is 0.907. The molecule has 3 fully saturated rings. The van der Waals surface area contributed by atoms with Crippen molar-refractivity contribution in [1.82, 2.24) is 10.2 Å². The molecule has 1 saturated carbocycles. The fourth-order valence-corrected chi connectivity index (χ4v) is 4.09. The predicted octanol–water partition coefficient (Wildman–Crippen LogP) is 1.99. The molecule has 2 aliphatic heterocycles. The van der Waals surface area contributed by atoms with Gasteiger partial charge in [-0.25, -0.2) is 4.79 Å². The zero-order valence-corrected chi connectivity index (χ0v) is 12.6. The molecule has 1 aromatic carbocycles. The van der Waals surface area contributed by atoms with Crippen LogP contribution in [0.4, 0.5) is 10.5 Å². The van der Waals surface area contributed by atoms with Crippen LogP contribution < -0.4 is 10.2 Å². The molecule has 2 saturated heterocycles. The van der Waals surface area contributed by atoms with Crippen LogP contribution in [0, 0.1) is 5.92 Å². The largest absolute Gasteiger partial charge is 0.333 e. The third-order valence-corrected chi connectivity index (χ3v) is 5.19. The Balaban J connectivity index is 1.38. The normalized spacial score (nSPS) is 30.2. The van der Waals surface area contributed by atoms with Gasteiger partial charge in [0.2, 0.25) is 5.91 Å². The topological polar surface area (TPSA) is 52.7 Å². The summed E-state index contributed by atoms with van der Waals surface area (Å²) in [6, 6.07) is 10.0. The number of benzene rings is 1. The predicted molar refractivity (Wildman–Crippen MR) is 83.6 cm³/mol. The van der Waals surface area contributed by atoms with E-state index in [1.165, 1.54) is 6.42 Å². The van der Waals surface area contributed by atoms with E-state index in [0.717, 1.165) is 25.1 Å². The maximum atomic E-state index is 12.4. The minimum atomic E-state index is -0.0840. The van der Waals surface area contributed by atoms with Gasteiger partial charge in [-0.05, 0) is 37.3 Å². The second kappa shape index (κ2) is 5.30. The van der Waals surface area contributed by atoms with Crippen LogP contribution in [0.25, 0.3) is 0 Å². The Bertz CT molecular complexity index is 589. The number of piperidine rings is 1. The van der Waals surface area contributed by atoms with E-state index in [2.05, 4.69) is 5.32 Å². The molecule has 3 unspecified atom stereocenters. The first-order valence-corrected chi connectivity index (χ1v) is 8.13. The molecule has 0 aromatic heterocycles. The quantitative estimate of drug-likeness (QED) is 0.908. The molecule has 3 amide bonds. The van der Waals surface area contributed by atoms with Gasteiger partial charge in [-0.2, -0.15) is 0 Å². The Morgan fingerprint density at radius 2 is 1.95 bits per heavy atom. The minimum absolute atomic E-state index is 0.0138. The van der Waals surface area contributed by atoms with Gasteiger partial charge in [-0.3, -0.25) is 4.79 Å². The number of hydrogen-bond donors (Lipinski definition) is 1. The summed E-state index contributed by atoms with van der Waals surface area (Å²) >= 11 is 0. The van der Waals surface area contributed by atoms with Gasteiger partial charge in [0.1, 0.15) is 0 Å². The number of urea groups is 1. The fourth-order valence-electron chi connectivity index (χ4n) is 4.09. The highest BCUT2D eigenvalue weighted by Crippen LogP contribution is 2.37. The van der Waals surface area contributed by atoms with Crippen LogP contribution in [-0.4, -0.2) is 42.0 Å². The first kappa shape index (κ1) is 13.6. The number of para-hydroxylation sites is 1. The molecule has 3 atom stereocenters. The van der Waals surface area contributed by atoms with Gasteiger partial charge in [-0.15, -0.1) is 0 Å². The average Bonchev–Trinajstić information content (AvgIpc) is 3.23. The van der Waals surface area contributed by atoms with E-state index in [-0.39, 0.29) is 18.0 Å². The van der Waals surface area contributed by atoms with Gasteiger partial charge in [0.15, 0.2) is 0 Å². The van der Waals surface area contributed by atoms with Crippen LogP contribution in [-0.2, 0) is 4.79 Å². The van der Waals surface area contributed by atoms with E-state index in [1.807, 2.05) is 35.2 Å². The zero-order valence-electron chi connectivity index (χ0n) is 12.6. The molecule has 5 heteroatoms. The number of carbonyl (C=O) groups excluding carboxylic acids is 2. The number of amides is 3. The lowest BCUT2D eigenvalue weighted by Gasteiger charge is -2.28. The maximum absolute atomic E-state index is 12.4. The molecule has 116 valence electrons. The second-order valence-corrected chi connectivity index (χ2v) is 6.68. The number of nitrogens with one attached hydrogen (secondary N) is 1. The number of likely N-dealkylation sites (tertiary alicyclic amines) is 1. The average molecular weight is 299 g/mol. The Kier molecular flexibility index (Phi) is 3.28. The highest BCUT2D eigenvalue weighted by molar-refractivity contribution is 5.96. The molecular weight excluding hydrogens is 278 g/mol. The highest BCUT2D eigenvalue weighted by atomic mass is 16.2. The summed E-state index contributed by atoms with van der Waals surface area (Å²) in [6.07, 6.45) is 3.95. The molecule has 3 aliphatic rings. The van der Waals surface area contributed by atoms with Crippen LogP contribution in [0.3, 0.4) is 0 Å². The molecule has 0 radical (unpaired) electrons. The molecule has 0 spiro atoms. The molecule has 2 heterocycles. The molecule has 1 aliphatic carbocycles. The second-order valence-electron chi connectivity index (χ2n) is 6.68. The van der Waals surface area contributed by atoms with Crippen molar-refractivity contribution in [2.75, 3.05) is 18.0 Å². The molecule has 22 heavy (non-hydrogen) atoms. The summed E-state index contributed by atoms with van der Waals surface area (Å²) in [7, 11) is 0. The minimum Gasteiger partial charge on any atom is -0.333 e. The van der Waals surface area contributed by atoms with Crippen LogP contribution in [0.1, 0.15) is 25.7 Å². The Morgan fingerprint density at radius 3 is 2.64 bits per heavy atom. The number of anilines is 1. The van der Waals surface area contributed by atoms with E-state index in [4.69, 9.17) is 0 Å². The summed E-state index contributed by atoms with van der Waals surface area (Å²) in [5.74, 6) is 0.779. The lowest BCUT2D eigenvalue weighted by molar-refractivity contribution is -0.117. The number of fused-ring (bicyclic) bond motifs is 2. The van der Waals surface area contributed by atoms with Crippen molar-refractivity contribution in [2.24, 2.45) is 5.92 Å². The Morgan fingerprint density at radius 1 is 1.14 bits per heavy atom. The summed E-state index contributed by atoms with van der Waals surface area (Å²) < 4.78 is 0. The van der Waals surface area contributed by atoms with Crippen molar-refractivity contribution in [3.8, 4) is 0 Å². The van der Waals surface area contributed by atoms with Gasteiger partial charge in [0.05, 0.1) is 6.04 Å². The molecule has 5 nitrogen and oxygen atoms in total. The van der Waals surface area contributed by atoms with Gasteiger partial charge in [0, 0.05) is 31.2 Å². The van der Waals surface area contributed by atoms with E-state index < -0.39 is 0 Å². The Labute approximate surface area is 130 Å². The van der Waals surface area contributed by atoms with Crippen molar-refractivity contribution < 1.29 is 9.59 Å². The first-order chi connectivity index (χ1) is 10.7. The van der Waals surface area contributed by atoms with E-state index in [0.29, 0.717) is 24.9 Å². The zero-order chi connectivity index (χ0) is 15.1. The van der Waals surface area contributed by atoms with Crippen LogP contribution in [0.2, 0.25) is 0 Å². The SMILES string of the molecule is O=C1CC(NC(=O)N2CC3CCC2C3)CN1c1ccccc1. The van der Waals surface area contributed by atoms with Crippen molar-refractivity contribution in [3.63, 3.8) is 0 Å². The van der Waals surface area contributed by atoms with Crippen molar-refractivity contribution in [1.29, 1.82) is 0 Å². The Hall–Kier alpha value is -2.04. The maximum Gasteiger partial charge on any atom is 0.317 e. The van der Waals surface area contributed by atoms with E-state index in [9.17, 15) is 9.59 Å². The molecule has 1 N–H and O–H groups in total. The van der Waals surface area contributed by atoms with Gasteiger partial charge in [0.25, 0.3) is 0 Å². The standard InChI is InChI=1S/C17H21N3O2/c21-16-9-13(11-19(16)14-4-2-1-3-5-14)18-17(22)20-10-12-6-7-15(20)8-12/h1-5,12-13,15H,6-11H2,(H,18,22). The van der Waals surface area contributed by atoms with Crippen molar-refractivity contribution in [2.45, 2.75) is 37.8 Å². The lowest BCUT2D eigenvalue weighted by Crippen LogP contribution is -2.48. The van der Waals surface area contributed by atoms with Gasteiger partial charge < -0.3 is 15.1 Å². The lowest BCUT2D eigenvalue weighted by atomic mass is 10.1. The van der Waals surface area contributed by atoms with Crippen LogP contribution in [0.15, 0.2) is 30.3 Å². The summed E-state index contributed by atoms with van der Waals surface area (Å²) in [6.45, 7) is 1.45. The molecule has 1 aromatic rings. The molecular formula is C17H21N3O2. The fraction of sp³-hybridized carbons (Fsp3) is 0.529. The number of nitrogens with zero attached hydrogens (tertiary/aromatic N) is 2. The summed E-state index contributed by atoms with van der Waals surface area (Å²) in [5, 5.41) is 3.06. The third-order valence-electron chi connectivity index (χ3n) is 5.19. The van der Waals surface area contributed by atoms with Crippen molar-refractivity contribution >= 4 is 17.6 Å². The smallest absolute Gasteiger partial charge is 0.317 e. The number of hydrogen-bond acceptors (Lipinski definition) is 2. The van der Waals surface area contributed by atoms with Crippen LogP contribution in [0.5, 0.6) is 0 Å². The monoisotopic (exact) mass is 299 g/mol. The summed E-state index contributed by atoms with van der Waals surface area (Å²) in [4.78, 5) is 28.3. The van der Waals surface area contributed by atoms with E-state index in [1.54, 1.807) is 4.90 Å². The van der Waals surface area contributed by atoms with E-state index >= 15 is 0 Å². The van der Waals surface area contributed by atoms with Crippen LogP contribution >= 0.6 is 0 Å². The van der Waals surface area contributed by atoms with Gasteiger partial charge in [-0.1, -0.05) is 18.2 Å². The number of carbonyl (C=O) groups is 2. The molecule has 2 bridgehead atoms. The third kappa shape index (κ3) is 2.34. The van der Waals surface area contributed by atoms with Gasteiger partial charge >= 0.3 is 6.03 Å². The number of rotatable bonds is 2. The molecule has 4 rings (SSSR count). The first-order valence-electron chi connectivity index (χ1n) is 8.13.